The summed E-state index contributed by atoms with van der Waals surface area (Å²) in [6.45, 7) is 9.71. The van der Waals surface area contributed by atoms with Gasteiger partial charge in [-0.05, 0) is 24.7 Å². The maximum atomic E-state index is 11.7. The lowest BCUT2D eigenvalue weighted by atomic mass is 10.1. The third-order valence-electron chi connectivity index (χ3n) is 3.06. The summed E-state index contributed by atoms with van der Waals surface area (Å²) in [6.07, 6.45) is 3.17. The second-order valence-electron chi connectivity index (χ2n) is 6.13. The van der Waals surface area contributed by atoms with E-state index in [0.29, 0.717) is 24.9 Å². The van der Waals surface area contributed by atoms with E-state index in [0.717, 1.165) is 12.8 Å². The first-order valence-corrected chi connectivity index (χ1v) is 9.19. The molecule has 0 saturated heterocycles. The van der Waals surface area contributed by atoms with Crippen molar-refractivity contribution in [3.63, 3.8) is 0 Å². The van der Waals surface area contributed by atoms with Crippen molar-refractivity contribution < 1.29 is 13.2 Å². The smallest absolute Gasteiger partial charge is 0.221 e. The average Bonchev–Trinajstić information content (AvgIpc) is 2.26. The maximum Gasteiger partial charge on any atom is 0.221 e. The number of carbonyl (C=O) groups is 1. The van der Waals surface area contributed by atoms with Gasteiger partial charge in [-0.2, -0.15) is 0 Å². The number of carbonyl (C=O) groups excluding carboxylic acids is 1. The number of nitrogens with zero attached hydrogens (tertiary/aromatic N) is 1. The molecule has 0 aliphatic rings. The summed E-state index contributed by atoms with van der Waals surface area (Å²) in [5, 5.41) is 2.83. The molecule has 0 unspecified atom stereocenters. The van der Waals surface area contributed by atoms with Crippen molar-refractivity contribution in [1.29, 1.82) is 0 Å². The highest BCUT2D eigenvalue weighted by molar-refractivity contribution is 7.88. The molecule has 6 heteroatoms. The second kappa shape index (κ2) is 9.34. The molecule has 0 aromatic rings. The molecule has 0 aromatic carbocycles. The highest BCUT2D eigenvalue weighted by atomic mass is 32.2. The Labute approximate surface area is 124 Å². The van der Waals surface area contributed by atoms with Gasteiger partial charge in [0.25, 0.3) is 0 Å². The number of hydrogen-bond acceptors (Lipinski definition) is 3. The Morgan fingerprint density at radius 2 is 1.60 bits per heavy atom. The van der Waals surface area contributed by atoms with Crippen LogP contribution in [-0.2, 0) is 14.8 Å². The summed E-state index contributed by atoms with van der Waals surface area (Å²) >= 11 is 0. The van der Waals surface area contributed by atoms with Crippen LogP contribution in [0.1, 0.15) is 47.0 Å². The van der Waals surface area contributed by atoms with Crippen LogP contribution in [-0.4, -0.2) is 44.5 Å². The van der Waals surface area contributed by atoms with Crippen molar-refractivity contribution in [2.45, 2.75) is 47.0 Å². The standard InChI is InChI=1S/C14H30N2O3S/c1-12(2)6-9-15-14(17)8-11-16(20(5,18)19)10-7-13(3)4/h12-13H,6-11H2,1-5H3,(H,15,17). The largest absolute Gasteiger partial charge is 0.356 e. The third-order valence-corrected chi connectivity index (χ3v) is 4.36. The molecule has 1 amide bonds. The molecule has 0 atom stereocenters. The summed E-state index contributed by atoms with van der Waals surface area (Å²) in [6, 6.07) is 0. The molecule has 0 bridgehead atoms. The van der Waals surface area contributed by atoms with Crippen molar-refractivity contribution >= 4 is 15.9 Å². The molecule has 1 N–H and O–H groups in total. The van der Waals surface area contributed by atoms with Gasteiger partial charge in [-0.15, -0.1) is 0 Å². The molecule has 0 aliphatic heterocycles. The predicted octanol–water partition coefficient (Wildman–Crippen LogP) is 1.85. The lowest BCUT2D eigenvalue weighted by Crippen LogP contribution is -2.36. The van der Waals surface area contributed by atoms with Crippen molar-refractivity contribution in [3.8, 4) is 0 Å². The number of nitrogens with one attached hydrogen (secondary N) is 1. The molecule has 0 saturated carbocycles. The van der Waals surface area contributed by atoms with Gasteiger partial charge >= 0.3 is 0 Å². The van der Waals surface area contributed by atoms with Gasteiger partial charge < -0.3 is 5.32 Å². The summed E-state index contributed by atoms with van der Waals surface area (Å²) in [7, 11) is -3.24. The van der Waals surface area contributed by atoms with Crippen LogP contribution in [0.3, 0.4) is 0 Å². The summed E-state index contributed by atoms with van der Waals surface area (Å²) in [4.78, 5) is 11.7. The van der Waals surface area contributed by atoms with Gasteiger partial charge in [0.1, 0.15) is 0 Å². The molecule has 0 spiro atoms. The van der Waals surface area contributed by atoms with Gasteiger partial charge in [0.2, 0.25) is 15.9 Å². The van der Waals surface area contributed by atoms with Crippen molar-refractivity contribution in [1.82, 2.24) is 9.62 Å². The molecule has 0 heterocycles. The monoisotopic (exact) mass is 306 g/mol. The van der Waals surface area contributed by atoms with Crippen LogP contribution < -0.4 is 5.32 Å². The fourth-order valence-electron chi connectivity index (χ4n) is 1.66. The van der Waals surface area contributed by atoms with E-state index >= 15 is 0 Å². The molecule has 0 aromatic heterocycles. The molecular formula is C14H30N2O3S. The molecule has 120 valence electrons. The lowest BCUT2D eigenvalue weighted by molar-refractivity contribution is -0.121. The highest BCUT2D eigenvalue weighted by Gasteiger charge is 2.17. The normalized spacial score (nSPS) is 12.4. The van der Waals surface area contributed by atoms with E-state index in [1.807, 2.05) is 0 Å². The van der Waals surface area contributed by atoms with Gasteiger partial charge in [-0.1, -0.05) is 27.7 Å². The zero-order valence-corrected chi connectivity index (χ0v) is 14.3. The van der Waals surface area contributed by atoms with Gasteiger partial charge in [-0.25, -0.2) is 12.7 Å². The van der Waals surface area contributed by atoms with Crippen molar-refractivity contribution in [2.75, 3.05) is 25.9 Å². The Morgan fingerprint density at radius 3 is 2.05 bits per heavy atom. The summed E-state index contributed by atoms with van der Waals surface area (Å²) in [5.41, 5.74) is 0. The van der Waals surface area contributed by atoms with E-state index in [2.05, 4.69) is 33.0 Å². The Balaban J connectivity index is 4.16. The fourth-order valence-corrected chi connectivity index (χ4v) is 2.52. The van der Waals surface area contributed by atoms with Gasteiger partial charge in [-0.3, -0.25) is 4.79 Å². The molecule has 20 heavy (non-hydrogen) atoms. The third kappa shape index (κ3) is 10.2. The maximum absolute atomic E-state index is 11.7. The highest BCUT2D eigenvalue weighted by Crippen LogP contribution is 2.06. The minimum atomic E-state index is -3.24. The fraction of sp³-hybridized carbons (Fsp3) is 0.929. The zero-order valence-electron chi connectivity index (χ0n) is 13.5. The van der Waals surface area contributed by atoms with Gasteiger partial charge in [0.05, 0.1) is 6.26 Å². The van der Waals surface area contributed by atoms with E-state index in [9.17, 15) is 13.2 Å². The number of amides is 1. The van der Waals surface area contributed by atoms with E-state index in [4.69, 9.17) is 0 Å². The Kier molecular flexibility index (Phi) is 9.05. The Morgan fingerprint density at radius 1 is 1.05 bits per heavy atom. The van der Waals surface area contributed by atoms with Crippen LogP contribution in [0, 0.1) is 11.8 Å². The predicted molar refractivity (Wildman–Crippen MR) is 83.0 cm³/mol. The van der Waals surface area contributed by atoms with Crippen molar-refractivity contribution in [3.05, 3.63) is 0 Å². The van der Waals surface area contributed by atoms with Crippen LogP contribution in [0.4, 0.5) is 0 Å². The van der Waals surface area contributed by atoms with E-state index in [1.165, 1.54) is 10.6 Å². The molecule has 0 rings (SSSR count). The number of sulfonamides is 1. The van der Waals surface area contributed by atoms with Gasteiger partial charge in [0.15, 0.2) is 0 Å². The lowest BCUT2D eigenvalue weighted by Gasteiger charge is -2.20. The van der Waals surface area contributed by atoms with Crippen LogP contribution in [0.25, 0.3) is 0 Å². The zero-order chi connectivity index (χ0) is 15.8. The van der Waals surface area contributed by atoms with Crippen LogP contribution in [0.15, 0.2) is 0 Å². The van der Waals surface area contributed by atoms with Crippen LogP contribution >= 0.6 is 0 Å². The molecular weight excluding hydrogens is 276 g/mol. The van der Waals surface area contributed by atoms with Crippen molar-refractivity contribution in [2.24, 2.45) is 11.8 Å². The minimum absolute atomic E-state index is 0.0798. The van der Waals surface area contributed by atoms with Crippen LogP contribution in [0.2, 0.25) is 0 Å². The molecule has 0 radical (unpaired) electrons. The topological polar surface area (TPSA) is 66.5 Å². The Hall–Kier alpha value is -0.620. The first-order chi connectivity index (χ1) is 9.12. The van der Waals surface area contributed by atoms with Crippen LogP contribution in [0.5, 0.6) is 0 Å². The molecule has 0 aliphatic carbocycles. The van der Waals surface area contributed by atoms with E-state index in [1.54, 1.807) is 0 Å². The summed E-state index contributed by atoms with van der Waals surface area (Å²) < 4.78 is 24.7. The molecule has 5 nitrogen and oxygen atoms in total. The number of rotatable bonds is 10. The quantitative estimate of drug-likeness (QED) is 0.670. The summed E-state index contributed by atoms with van der Waals surface area (Å²) in [5.74, 6) is 0.914. The second-order valence-corrected chi connectivity index (χ2v) is 8.11. The molecule has 0 fully saturated rings. The Bertz CT molecular complexity index is 378. The van der Waals surface area contributed by atoms with E-state index in [-0.39, 0.29) is 18.9 Å². The van der Waals surface area contributed by atoms with E-state index < -0.39 is 10.0 Å². The number of hydrogen-bond donors (Lipinski definition) is 1. The SMILES string of the molecule is CC(C)CCNC(=O)CCN(CCC(C)C)S(C)(=O)=O. The average molecular weight is 306 g/mol. The first-order valence-electron chi connectivity index (χ1n) is 7.34. The minimum Gasteiger partial charge on any atom is -0.356 e. The first kappa shape index (κ1) is 19.4. The van der Waals surface area contributed by atoms with Gasteiger partial charge in [0, 0.05) is 26.1 Å².